The number of allylic oxidation sites excluding steroid dienone is 1. The Morgan fingerprint density at radius 3 is 2.89 bits per heavy atom. The van der Waals surface area contributed by atoms with Crippen molar-refractivity contribution in [2.75, 3.05) is 0 Å². The highest BCUT2D eigenvalue weighted by atomic mass is 16.3. The van der Waals surface area contributed by atoms with Crippen LogP contribution < -0.4 is 0 Å². The highest BCUT2D eigenvalue weighted by Gasteiger charge is 2.30. The van der Waals surface area contributed by atoms with E-state index in [2.05, 4.69) is 6.08 Å². The van der Waals surface area contributed by atoms with Crippen molar-refractivity contribution < 1.29 is 5.11 Å². The van der Waals surface area contributed by atoms with Crippen LogP contribution >= 0.6 is 0 Å². The first kappa shape index (κ1) is 5.48. The van der Waals surface area contributed by atoms with Gasteiger partial charge in [0.15, 0.2) is 0 Å². The van der Waals surface area contributed by atoms with E-state index in [1.807, 2.05) is 6.08 Å². The van der Waals surface area contributed by atoms with Gasteiger partial charge >= 0.3 is 0 Å². The van der Waals surface area contributed by atoms with Crippen LogP contribution in [0.2, 0.25) is 0 Å². The predicted octanol–water partition coefficient (Wildman–Crippen LogP) is 1.33. The molecule has 2 aliphatic rings. The van der Waals surface area contributed by atoms with E-state index in [1.54, 1.807) is 0 Å². The maximum absolute atomic E-state index is 9.31. The molecule has 2 aliphatic carbocycles. The molecule has 2 bridgehead atoms. The molecular weight excluding hydrogens is 112 g/mol. The molecule has 50 valence electrons. The van der Waals surface area contributed by atoms with E-state index in [9.17, 15) is 5.11 Å². The van der Waals surface area contributed by atoms with Gasteiger partial charge in [-0.3, -0.25) is 0 Å². The summed E-state index contributed by atoms with van der Waals surface area (Å²) in [5, 5.41) is 9.31. The van der Waals surface area contributed by atoms with Gasteiger partial charge in [0.1, 0.15) is 0 Å². The lowest BCUT2D eigenvalue weighted by atomic mass is 9.93. The molecule has 0 aromatic heterocycles. The van der Waals surface area contributed by atoms with Crippen molar-refractivity contribution in [2.24, 2.45) is 11.8 Å². The monoisotopic (exact) mass is 124 g/mol. The van der Waals surface area contributed by atoms with Gasteiger partial charge in [0.05, 0.1) is 6.10 Å². The summed E-state index contributed by atoms with van der Waals surface area (Å²) in [6.45, 7) is 0. The van der Waals surface area contributed by atoms with Crippen LogP contribution in [-0.2, 0) is 0 Å². The molecule has 1 fully saturated rings. The van der Waals surface area contributed by atoms with E-state index in [-0.39, 0.29) is 6.10 Å². The minimum Gasteiger partial charge on any atom is -0.389 e. The van der Waals surface area contributed by atoms with Crippen LogP contribution in [-0.4, -0.2) is 11.2 Å². The molecule has 0 aliphatic heterocycles. The summed E-state index contributed by atoms with van der Waals surface area (Å²) in [6.07, 6.45) is 7.79. The number of hydrogen-bond acceptors (Lipinski definition) is 1. The Morgan fingerprint density at radius 2 is 2.11 bits per heavy atom. The number of fused-ring (bicyclic) bond motifs is 2. The molecule has 0 unspecified atom stereocenters. The first-order valence-corrected chi connectivity index (χ1v) is 3.72. The normalized spacial score (nSPS) is 47.9. The fraction of sp³-hybridized carbons (Fsp3) is 0.750. The molecule has 0 amide bonds. The number of hydrogen-bond donors (Lipinski definition) is 1. The van der Waals surface area contributed by atoms with Gasteiger partial charge in [-0.25, -0.2) is 0 Å². The van der Waals surface area contributed by atoms with E-state index in [0.29, 0.717) is 5.92 Å². The molecule has 1 N–H and O–H groups in total. The largest absolute Gasteiger partial charge is 0.389 e. The van der Waals surface area contributed by atoms with Crippen molar-refractivity contribution in [3.05, 3.63) is 12.2 Å². The standard InChI is InChI=1S/C8H12O/c9-8-4-2-6-1-3-7(8)5-6/h2,4,6-9H,1,3,5H2/t6-,7-,8+/m1/s1. The molecule has 0 radical (unpaired) electrons. The van der Waals surface area contributed by atoms with E-state index in [0.717, 1.165) is 5.92 Å². The Labute approximate surface area is 55.4 Å². The van der Waals surface area contributed by atoms with Crippen LogP contribution in [0.1, 0.15) is 19.3 Å². The lowest BCUT2D eigenvalue weighted by molar-refractivity contribution is 0.149. The average molecular weight is 124 g/mol. The van der Waals surface area contributed by atoms with E-state index in [4.69, 9.17) is 0 Å². The average Bonchev–Trinajstić information content (AvgIpc) is 2.25. The van der Waals surface area contributed by atoms with Crippen molar-refractivity contribution >= 4 is 0 Å². The van der Waals surface area contributed by atoms with Gasteiger partial charge in [0.2, 0.25) is 0 Å². The first-order chi connectivity index (χ1) is 4.36. The summed E-state index contributed by atoms with van der Waals surface area (Å²) >= 11 is 0. The Hall–Kier alpha value is -0.300. The van der Waals surface area contributed by atoms with Crippen molar-refractivity contribution in [1.29, 1.82) is 0 Å². The van der Waals surface area contributed by atoms with Gasteiger partial charge in [-0.1, -0.05) is 12.2 Å². The zero-order valence-corrected chi connectivity index (χ0v) is 5.46. The molecular formula is C8H12O. The fourth-order valence-corrected chi connectivity index (χ4v) is 1.97. The van der Waals surface area contributed by atoms with Crippen LogP contribution in [0.15, 0.2) is 12.2 Å². The van der Waals surface area contributed by atoms with Gasteiger partial charge in [0.25, 0.3) is 0 Å². The molecule has 1 nitrogen and oxygen atoms in total. The summed E-state index contributed by atoms with van der Waals surface area (Å²) in [5.41, 5.74) is 0. The third-order valence-corrected chi connectivity index (χ3v) is 2.58. The Kier molecular flexibility index (Phi) is 1.12. The summed E-state index contributed by atoms with van der Waals surface area (Å²) in [5.74, 6) is 1.40. The van der Waals surface area contributed by atoms with Gasteiger partial charge in [-0.15, -0.1) is 0 Å². The van der Waals surface area contributed by atoms with Gasteiger partial charge < -0.3 is 5.11 Å². The second-order valence-electron chi connectivity index (χ2n) is 3.21. The van der Waals surface area contributed by atoms with Crippen LogP contribution in [0.5, 0.6) is 0 Å². The maximum atomic E-state index is 9.31. The highest BCUT2D eigenvalue weighted by Crippen LogP contribution is 2.37. The summed E-state index contributed by atoms with van der Waals surface area (Å²) in [4.78, 5) is 0. The zero-order chi connectivity index (χ0) is 6.27. The van der Waals surface area contributed by atoms with Crippen molar-refractivity contribution in [3.8, 4) is 0 Å². The molecule has 2 rings (SSSR count). The maximum Gasteiger partial charge on any atom is 0.0749 e. The first-order valence-electron chi connectivity index (χ1n) is 3.72. The molecule has 1 heteroatoms. The molecule has 1 saturated carbocycles. The van der Waals surface area contributed by atoms with Crippen LogP contribution in [0.3, 0.4) is 0 Å². The topological polar surface area (TPSA) is 20.2 Å². The molecule has 0 aromatic rings. The Morgan fingerprint density at radius 1 is 1.22 bits per heavy atom. The number of aliphatic hydroxyl groups excluding tert-OH is 1. The van der Waals surface area contributed by atoms with Crippen LogP contribution in [0.25, 0.3) is 0 Å². The van der Waals surface area contributed by atoms with Crippen molar-refractivity contribution in [2.45, 2.75) is 25.4 Å². The molecule has 0 heterocycles. The van der Waals surface area contributed by atoms with Crippen molar-refractivity contribution in [1.82, 2.24) is 0 Å². The zero-order valence-electron chi connectivity index (χ0n) is 5.46. The molecule has 0 spiro atoms. The van der Waals surface area contributed by atoms with Gasteiger partial charge in [-0.2, -0.15) is 0 Å². The smallest absolute Gasteiger partial charge is 0.0749 e. The highest BCUT2D eigenvalue weighted by molar-refractivity contribution is 5.05. The second-order valence-corrected chi connectivity index (χ2v) is 3.21. The van der Waals surface area contributed by atoms with Crippen LogP contribution in [0.4, 0.5) is 0 Å². The Bertz CT molecular complexity index is 140. The second kappa shape index (κ2) is 1.84. The van der Waals surface area contributed by atoms with E-state index < -0.39 is 0 Å². The summed E-state index contributed by atoms with van der Waals surface area (Å²) in [7, 11) is 0. The minimum absolute atomic E-state index is 0.122. The summed E-state index contributed by atoms with van der Waals surface area (Å²) in [6, 6.07) is 0. The molecule has 0 saturated heterocycles. The lowest BCUT2D eigenvalue weighted by Crippen LogP contribution is -2.17. The number of rotatable bonds is 0. The SMILES string of the molecule is O[C@H]1C=C[C@H]2CC[C@@H]1C2. The van der Waals surface area contributed by atoms with Gasteiger partial charge in [-0.05, 0) is 31.1 Å². The molecule has 9 heavy (non-hydrogen) atoms. The third kappa shape index (κ3) is 0.799. The van der Waals surface area contributed by atoms with Crippen LogP contribution in [0, 0.1) is 11.8 Å². The summed E-state index contributed by atoms with van der Waals surface area (Å²) < 4.78 is 0. The van der Waals surface area contributed by atoms with E-state index >= 15 is 0 Å². The quantitative estimate of drug-likeness (QED) is 0.483. The molecule has 0 aromatic carbocycles. The van der Waals surface area contributed by atoms with E-state index in [1.165, 1.54) is 19.3 Å². The molecule has 3 atom stereocenters. The Balaban J connectivity index is 2.19. The number of aliphatic hydroxyl groups is 1. The fourth-order valence-electron chi connectivity index (χ4n) is 1.97. The minimum atomic E-state index is -0.122. The third-order valence-electron chi connectivity index (χ3n) is 2.58. The lowest BCUT2D eigenvalue weighted by Gasteiger charge is -2.17. The van der Waals surface area contributed by atoms with Crippen molar-refractivity contribution in [3.63, 3.8) is 0 Å². The predicted molar refractivity (Wildman–Crippen MR) is 36.0 cm³/mol. The van der Waals surface area contributed by atoms with Gasteiger partial charge in [0, 0.05) is 0 Å².